The first-order chi connectivity index (χ1) is 14.0. The molecule has 1 aliphatic rings. The molecule has 0 radical (unpaired) electrons. The maximum Gasteiger partial charge on any atom is 0.293 e. The molecule has 7 nitrogen and oxygen atoms in total. The molecule has 152 valence electrons. The summed E-state index contributed by atoms with van der Waals surface area (Å²) < 4.78 is 7.42. The van der Waals surface area contributed by atoms with Crippen molar-refractivity contribution in [3.05, 3.63) is 53.2 Å². The van der Waals surface area contributed by atoms with Gasteiger partial charge in [-0.2, -0.15) is 16.9 Å². The van der Waals surface area contributed by atoms with E-state index in [-0.39, 0.29) is 11.7 Å². The van der Waals surface area contributed by atoms with Crippen LogP contribution in [0.1, 0.15) is 27.4 Å². The van der Waals surface area contributed by atoms with Gasteiger partial charge >= 0.3 is 0 Å². The van der Waals surface area contributed by atoms with Crippen molar-refractivity contribution in [1.82, 2.24) is 19.7 Å². The third kappa shape index (κ3) is 4.38. The third-order valence-corrected chi connectivity index (χ3v) is 6.09. The average molecular weight is 412 g/mol. The van der Waals surface area contributed by atoms with Crippen molar-refractivity contribution in [2.24, 2.45) is 7.05 Å². The van der Waals surface area contributed by atoms with Gasteiger partial charge in [0.1, 0.15) is 0 Å². The van der Waals surface area contributed by atoms with Crippen molar-refractivity contribution >= 4 is 23.4 Å². The van der Waals surface area contributed by atoms with E-state index in [1.807, 2.05) is 30.9 Å². The number of rotatable bonds is 5. The highest BCUT2D eigenvalue weighted by Gasteiger charge is 2.20. The lowest BCUT2D eigenvalue weighted by Gasteiger charge is -2.27. The van der Waals surface area contributed by atoms with Crippen LogP contribution in [0, 0.1) is 13.8 Å². The van der Waals surface area contributed by atoms with E-state index in [0.29, 0.717) is 11.6 Å². The SMILES string of the molecule is Cc1nc(-c2cnn(C)c2)oc1C(=O)Nc1cccc(CN2CCSCC2)c1C. The van der Waals surface area contributed by atoms with Crippen LogP contribution in [0.25, 0.3) is 11.5 Å². The number of nitrogens with one attached hydrogen (secondary N) is 1. The van der Waals surface area contributed by atoms with Crippen LogP contribution < -0.4 is 5.32 Å². The van der Waals surface area contributed by atoms with Crippen LogP contribution >= 0.6 is 11.8 Å². The van der Waals surface area contributed by atoms with Gasteiger partial charge in [-0.05, 0) is 31.0 Å². The van der Waals surface area contributed by atoms with E-state index in [4.69, 9.17) is 4.42 Å². The van der Waals surface area contributed by atoms with E-state index in [2.05, 4.69) is 33.3 Å². The van der Waals surface area contributed by atoms with Crippen molar-refractivity contribution in [2.45, 2.75) is 20.4 Å². The van der Waals surface area contributed by atoms with Gasteiger partial charge < -0.3 is 9.73 Å². The van der Waals surface area contributed by atoms with Gasteiger partial charge in [-0.25, -0.2) is 4.98 Å². The molecule has 1 aliphatic heterocycles. The Morgan fingerprint density at radius 2 is 2.07 bits per heavy atom. The van der Waals surface area contributed by atoms with Crippen LogP contribution in [0.15, 0.2) is 35.0 Å². The molecule has 0 unspecified atom stereocenters. The molecule has 0 saturated carbocycles. The fourth-order valence-corrected chi connectivity index (χ4v) is 4.41. The van der Waals surface area contributed by atoms with E-state index < -0.39 is 0 Å². The Labute approximate surface area is 174 Å². The Kier molecular flexibility index (Phi) is 5.73. The minimum absolute atomic E-state index is 0.224. The van der Waals surface area contributed by atoms with Gasteiger partial charge in [0, 0.05) is 50.1 Å². The normalized spacial score (nSPS) is 14.9. The molecule has 0 spiro atoms. The molecule has 3 heterocycles. The molecule has 1 saturated heterocycles. The molecular formula is C21H25N5O2S. The van der Waals surface area contributed by atoms with Crippen molar-refractivity contribution in [3.63, 3.8) is 0 Å². The maximum absolute atomic E-state index is 12.9. The first-order valence-electron chi connectivity index (χ1n) is 9.67. The van der Waals surface area contributed by atoms with Gasteiger partial charge in [0.2, 0.25) is 11.7 Å². The molecule has 1 N–H and O–H groups in total. The molecule has 0 bridgehead atoms. The molecule has 1 fully saturated rings. The number of aryl methyl sites for hydroxylation is 2. The fraction of sp³-hybridized carbons (Fsp3) is 0.381. The average Bonchev–Trinajstić information content (AvgIpc) is 3.31. The highest BCUT2D eigenvalue weighted by molar-refractivity contribution is 7.99. The zero-order chi connectivity index (χ0) is 20.4. The number of oxazole rings is 1. The smallest absolute Gasteiger partial charge is 0.293 e. The van der Waals surface area contributed by atoms with Gasteiger partial charge in [-0.1, -0.05) is 12.1 Å². The van der Waals surface area contributed by atoms with Gasteiger partial charge in [-0.3, -0.25) is 14.4 Å². The maximum atomic E-state index is 12.9. The second-order valence-corrected chi connectivity index (χ2v) is 8.49. The second-order valence-electron chi connectivity index (χ2n) is 7.27. The standard InChI is InChI=1S/C21H25N5O2S/c1-14-16(13-26-7-9-29-10-8-26)5-4-6-18(14)24-20(27)19-15(2)23-21(28-19)17-11-22-25(3)12-17/h4-6,11-12H,7-10,13H2,1-3H3,(H,24,27). The number of amides is 1. The molecule has 8 heteroatoms. The van der Waals surface area contributed by atoms with Crippen molar-refractivity contribution in [2.75, 3.05) is 29.9 Å². The number of hydrogen-bond donors (Lipinski definition) is 1. The monoisotopic (exact) mass is 411 g/mol. The molecule has 4 rings (SSSR count). The van der Waals surface area contributed by atoms with Gasteiger partial charge in [0.15, 0.2) is 0 Å². The van der Waals surface area contributed by atoms with Gasteiger partial charge in [0.05, 0.1) is 17.5 Å². The van der Waals surface area contributed by atoms with Crippen LogP contribution in [-0.2, 0) is 13.6 Å². The van der Waals surface area contributed by atoms with Gasteiger partial charge in [0.25, 0.3) is 5.91 Å². The summed E-state index contributed by atoms with van der Waals surface area (Å²) in [4.78, 5) is 19.7. The van der Waals surface area contributed by atoms with E-state index >= 15 is 0 Å². The highest BCUT2D eigenvalue weighted by Crippen LogP contribution is 2.25. The Morgan fingerprint density at radius 3 is 2.79 bits per heavy atom. The van der Waals surface area contributed by atoms with Crippen LogP contribution in [0.5, 0.6) is 0 Å². The lowest BCUT2D eigenvalue weighted by molar-refractivity contribution is 0.0996. The number of carbonyl (C=O) groups excluding carboxylic acids is 1. The molecule has 2 aromatic heterocycles. The van der Waals surface area contributed by atoms with Crippen LogP contribution in [0.4, 0.5) is 5.69 Å². The first kappa shape index (κ1) is 19.7. The Hall–Kier alpha value is -2.58. The minimum atomic E-state index is -0.292. The number of thioether (sulfide) groups is 1. The quantitative estimate of drug-likeness (QED) is 0.693. The molecule has 3 aromatic rings. The number of benzene rings is 1. The summed E-state index contributed by atoms with van der Waals surface area (Å²) in [5, 5.41) is 7.12. The lowest BCUT2D eigenvalue weighted by atomic mass is 10.1. The van der Waals surface area contributed by atoms with Gasteiger partial charge in [-0.15, -0.1) is 0 Å². The zero-order valence-corrected chi connectivity index (χ0v) is 17.8. The zero-order valence-electron chi connectivity index (χ0n) is 16.9. The van der Waals surface area contributed by atoms with Crippen molar-refractivity contribution < 1.29 is 9.21 Å². The molecular weight excluding hydrogens is 386 g/mol. The predicted molar refractivity (Wildman–Crippen MR) is 115 cm³/mol. The first-order valence-corrected chi connectivity index (χ1v) is 10.8. The number of aromatic nitrogens is 3. The Morgan fingerprint density at radius 1 is 1.28 bits per heavy atom. The summed E-state index contributed by atoms with van der Waals surface area (Å²) in [6.45, 7) is 6.95. The van der Waals surface area contributed by atoms with E-state index in [9.17, 15) is 4.79 Å². The Balaban J connectivity index is 1.51. The van der Waals surface area contributed by atoms with Crippen LogP contribution in [0.2, 0.25) is 0 Å². The molecule has 0 aliphatic carbocycles. The molecule has 0 atom stereocenters. The van der Waals surface area contributed by atoms with Crippen molar-refractivity contribution in [3.8, 4) is 11.5 Å². The Bertz CT molecular complexity index is 1020. The summed E-state index contributed by atoms with van der Waals surface area (Å²) >= 11 is 2.01. The number of hydrogen-bond acceptors (Lipinski definition) is 6. The molecule has 1 amide bonds. The lowest BCUT2D eigenvalue weighted by Crippen LogP contribution is -2.32. The van der Waals surface area contributed by atoms with Crippen LogP contribution in [-0.4, -0.2) is 50.2 Å². The summed E-state index contributed by atoms with van der Waals surface area (Å²) in [5.41, 5.74) is 4.43. The van der Waals surface area contributed by atoms with E-state index in [1.54, 1.807) is 24.0 Å². The van der Waals surface area contributed by atoms with E-state index in [0.717, 1.165) is 36.4 Å². The van der Waals surface area contributed by atoms with E-state index in [1.165, 1.54) is 17.1 Å². The summed E-state index contributed by atoms with van der Waals surface area (Å²) in [6.07, 6.45) is 3.47. The molecule has 1 aromatic carbocycles. The second kappa shape index (κ2) is 8.42. The van der Waals surface area contributed by atoms with Crippen molar-refractivity contribution in [1.29, 1.82) is 0 Å². The largest absolute Gasteiger partial charge is 0.431 e. The number of anilines is 1. The summed E-state index contributed by atoms with van der Waals surface area (Å²) in [7, 11) is 1.82. The number of carbonyl (C=O) groups is 1. The third-order valence-electron chi connectivity index (χ3n) is 5.15. The summed E-state index contributed by atoms with van der Waals surface area (Å²) in [5.74, 6) is 2.69. The van der Waals surface area contributed by atoms with Crippen LogP contribution in [0.3, 0.4) is 0 Å². The fourth-order valence-electron chi connectivity index (χ4n) is 3.43. The molecule has 29 heavy (non-hydrogen) atoms. The minimum Gasteiger partial charge on any atom is -0.431 e. The number of nitrogens with zero attached hydrogens (tertiary/aromatic N) is 4. The topological polar surface area (TPSA) is 76.2 Å². The summed E-state index contributed by atoms with van der Waals surface area (Å²) in [6, 6.07) is 6.05. The predicted octanol–water partition coefficient (Wildman–Crippen LogP) is 3.49. The highest BCUT2D eigenvalue weighted by atomic mass is 32.2.